The molecule has 0 aromatic heterocycles. The monoisotopic (exact) mass is 348 g/mol. The quantitative estimate of drug-likeness (QED) is 0.270. The lowest BCUT2D eigenvalue weighted by Crippen LogP contribution is -2.11. The number of rotatable bonds is 11. The van der Waals surface area contributed by atoms with Gasteiger partial charge < -0.3 is 20.1 Å². The Kier molecular flexibility index (Phi) is 21.8. The largest absolute Gasteiger partial charge is 0.481 e. The van der Waals surface area contributed by atoms with Crippen LogP contribution in [0.2, 0.25) is 0 Å². The van der Waals surface area contributed by atoms with Gasteiger partial charge >= 0.3 is 24.1 Å². The molecule has 3 N–H and O–H groups in total. The topological polar surface area (TPSA) is 180 Å². The van der Waals surface area contributed by atoms with Crippen molar-refractivity contribution in [3.05, 3.63) is 0 Å². The van der Waals surface area contributed by atoms with Gasteiger partial charge in [-0.3, -0.25) is 14.4 Å². The summed E-state index contributed by atoms with van der Waals surface area (Å²) in [5.41, 5.74) is 0. The van der Waals surface area contributed by atoms with Crippen LogP contribution in [0, 0.1) is 0 Å². The molecule has 0 aliphatic heterocycles. The van der Waals surface area contributed by atoms with Crippen molar-refractivity contribution in [2.75, 3.05) is 0 Å². The third-order valence-electron chi connectivity index (χ3n) is 2.25. The minimum atomic E-state index is -1.45. The van der Waals surface area contributed by atoms with E-state index in [0.29, 0.717) is 32.1 Å². The molecular weight excluding hydrogens is 328 g/mol. The van der Waals surface area contributed by atoms with Crippen molar-refractivity contribution < 1.29 is 48.9 Å². The Balaban J connectivity index is -0.000000324. The molecule has 0 aromatic carbocycles. The molecule has 24 heavy (non-hydrogen) atoms. The predicted octanol–water partition coefficient (Wildman–Crippen LogP) is 0.532. The van der Waals surface area contributed by atoms with Gasteiger partial charge in [-0.15, -0.1) is 0 Å². The second kappa shape index (κ2) is 20.1. The lowest BCUT2D eigenvalue weighted by Gasteiger charge is -1.94. The van der Waals surface area contributed by atoms with Crippen molar-refractivity contribution in [2.45, 2.75) is 51.4 Å². The van der Waals surface area contributed by atoms with Crippen LogP contribution in [0.1, 0.15) is 51.4 Å². The first-order valence-electron chi connectivity index (χ1n) is 6.85. The Morgan fingerprint density at radius 2 is 1.12 bits per heavy atom. The number of ketones is 1. The molecule has 0 saturated heterocycles. The number of aldehydes is 1. The van der Waals surface area contributed by atoms with Crippen molar-refractivity contribution in [3.8, 4) is 0 Å². The van der Waals surface area contributed by atoms with Crippen LogP contribution in [0.15, 0.2) is 0 Å². The fourth-order valence-electron chi connectivity index (χ4n) is 1.17. The van der Waals surface area contributed by atoms with E-state index in [1.54, 1.807) is 0 Å². The van der Waals surface area contributed by atoms with Crippen molar-refractivity contribution in [3.63, 3.8) is 0 Å². The fraction of sp³-hybridized carbons (Fsp3) is 0.571. The van der Waals surface area contributed by atoms with Gasteiger partial charge in [-0.25, -0.2) is 4.79 Å². The van der Waals surface area contributed by atoms with Crippen LogP contribution in [0.5, 0.6) is 0 Å². The Hall–Kier alpha value is -2.87. The van der Waals surface area contributed by atoms with Gasteiger partial charge in [-0.1, -0.05) is 0 Å². The van der Waals surface area contributed by atoms with Gasteiger partial charge in [-0.05, 0) is 25.7 Å². The van der Waals surface area contributed by atoms with Gasteiger partial charge in [-0.2, -0.15) is 9.59 Å². The van der Waals surface area contributed by atoms with Crippen molar-refractivity contribution in [1.29, 1.82) is 0 Å². The first-order chi connectivity index (χ1) is 11.2. The SMILES string of the molecule is O=C(O)CCCCC(=O)C(=O)O.O=C=O.O=CCCCCC(=O)O. The molecule has 136 valence electrons. The maximum atomic E-state index is 10.4. The molecule has 0 saturated carbocycles. The average Bonchev–Trinajstić information content (AvgIpc) is 2.49. The summed E-state index contributed by atoms with van der Waals surface area (Å²) < 4.78 is 0. The lowest BCUT2D eigenvalue weighted by atomic mass is 10.1. The number of unbranched alkanes of at least 4 members (excludes halogenated alkanes) is 3. The van der Waals surface area contributed by atoms with Crippen LogP contribution in [-0.2, 0) is 33.6 Å². The zero-order valence-corrected chi connectivity index (χ0v) is 12.9. The number of carboxylic acids is 3. The zero-order chi connectivity index (χ0) is 19.4. The minimum absolute atomic E-state index is 0.0209. The molecule has 0 bridgehead atoms. The molecule has 10 heteroatoms. The van der Waals surface area contributed by atoms with Crippen molar-refractivity contribution in [2.24, 2.45) is 0 Å². The molecule has 0 heterocycles. The molecular formula is C14H20O10. The number of hydrogen-bond donors (Lipinski definition) is 3. The second-order valence-corrected chi connectivity index (χ2v) is 4.22. The number of aliphatic carboxylic acids is 3. The first-order valence-corrected chi connectivity index (χ1v) is 6.85. The Bertz CT molecular complexity index is 435. The van der Waals surface area contributed by atoms with E-state index >= 15 is 0 Å². The van der Waals surface area contributed by atoms with E-state index in [9.17, 15) is 24.0 Å². The highest BCUT2D eigenvalue weighted by molar-refractivity contribution is 6.32. The zero-order valence-electron chi connectivity index (χ0n) is 12.9. The first kappa shape index (κ1) is 26.0. The Morgan fingerprint density at radius 1 is 0.750 bits per heavy atom. The number of carbonyl (C=O) groups is 5. The van der Waals surface area contributed by atoms with Crippen LogP contribution >= 0.6 is 0 Å². The van der Waals surface area contributed by atoms with Gasteiger partial charge in [0.2, 0.25) is 5.78 Å². The predicted molar refractivity (Wildman–Crippen MR) is 75.9 cm³/mol. The maximum absolute atomic E-state index is 10.4. The van der Waals surface area contributed by atoms with E-state index in [-0.39, 0.29) is 25.4 Å². The Morgan fingerprint density at radius 3 is 1.46 bits per heavy atom. The number of carbonyl (C=O) groups excluding carboxylic acids is 4. The summed E-state index contributed by atoms with van der Waals surface area (Å²) in [7, 11) is 0. The summed E-state index contributed by atoms with van der Waals surface area (Å²) in [6.45, 7) is 0. The molecule has 10 nitrogen and oxygen atoms in total. The molecule has 0 amide bonds. The standard InChI is InChI=1S/C7H10O5.C6H10O3.CO2/c8-5(7(11)12)3-1-2-4-6(9)10;7-5-3-1-2-4-6(8)9;2-1-3/h1-4H2,(H,9,10)(H,11,12);5H,1-4H2,(H,8,9);. The van der Waals surface area contributed by atoms with Gasteiger partial charge in [0.25, 0.3) is 0 Å². The van der Waals surface area contributed by atoms with E-state index in [0.717, 1.165) is 6.29 Å². The van der Waals surface area contributed by atoms with Crippen molar-refractivity contribution >= 4 is 36.1 Å². The average molecular weight is 348 g/mol. The second-order valence-electron chi connectivity index (χ2n) is 4.22. The van der Waals surface area contributed by atoms with Gasteiger partial charge in [0.15, 0.2) is 0 Å². The van der Waals surface area contributed by atoms with Crippen LogP contribution in [-0.4, -0.2) is 51.4 Å². The third-order valence-corrected chi connectivity index (χ3v) is 2.25. The molecule has 0 aromatic rings. The summed E-state index contributed by atoms with van der Waals surface area (Å²) in [6, 6.07) is 0. The highest BCUT2D eigenvalue weighted by Gasteiger charge is 2.10. The number of carboxylic acid groups (broad SMARTS) is 3. The highest BCUT2D eigenvalue weighted by atomic mass is 16.4. The number of hydrogen-bond acceptors (Lipinski definition) is 7. The summed E-state index contributed by atoms with van der Waals surface area (Å²) >= 11 is 0. The molecule has 0 aliphatic rings. The van der Waals surface area contributed by atoms with E-state index in [4.69, 9.17) is 24.9 Å². The maximum Gasteiger partial charge on any atom is 0.373 e. The minimum Gasteiger partial charge on any atom is -0.481 e. The molecule has 0 atom stereocenters. The molecule has 0 unspecified atom stereocenters. The van der Waals surface area contributed by atoms with Crippen LogP contribution in [0.25, 0.3) is 0 Å². The van der Waals surface area contributed by atoms with Gasteiger partial charge in [0, 0.05) is 25.7 Å². The van der Waals surface area contributed by atoms with E-state index in [1.807, 2.05) is 0 Å². The van der Waals surface area contributed by atoms with Crippen LogP contribution < -0.4 is 0 Å². The number of Topliss-reactive ketones (excluding diaryl/α,β-unsaturated/α-hetero) is 1. The van der Waals surface area contributed by atoms with Gasteiger partial charge in [0.1, 0.15) is 6.29 Å². The highest BCUT2D eigenvalue weighted by Crippen LogP contribution is 2.00. The molecule has 0 fully saturated rings. The molecule has 0 rings (SSSR count). The summed E-state index contributed by atoms with van der Waals surface area (Å²) in [6.07, 6.45) is 3.56. The normalized spacial score (nSPS) is 8.33. The van der Waals surface area contributed by atoms with Crippen LogP contribution in [0.4, 0.5) is 0 Å². The van der Waals surface area contributed by atoms with Gasteiger partial charge in [0.05, 0.1) is 0 Å². The lowest BCUT2D eigenvalue weighted by molar-refractivity contribution is -0.191. The van der Waals surface area contributed by atoms with E-state index in [1.165, 1.54) is 0 Å². The molecule has 0 aliphatic carbocycles. The molecule has 0 spiro atoms. The summed E-state index contributed by atoms with van der Waals surface area (Å²) in [4.78, 5) is 66.2. The Labute approximate surface area is 137 Å². The van der Waals surface area contributed by atoms with Crippen LogP contribution in [0.3, 0.4) is 0 Å². The molecule has 0 radical (unpaired) electrons. The van der Waals surface area contributed by atoms with Crippen molar-refractivity contribution in [1.82, 2.24) is 0 Å². The van der Waals surface area contributed by atoms with E-state index < -0.39 is 23.7 Å². The third kappa shape index (κ3) is 31.5. The smallest absolute Gasteiger partial charge is 0.373 e. The summed E-state index contributed by atoms with van der Waals surface area (Å²) in [5, 5.41) is 24.4. The van der Waals surface area contributed by atoms with E-state index in [2.05, 4.69) is 0 Å². The summed E-state index contributed by atoms with van der Waals surface area (Å²) in [5.74, 6) is -4.04. The fourth-order valence-corrected chi connectivity index (χ4v) is 1.17.